The van der Waals surface area contributed by atoms with E-state index in [9.17, 15) is 0 Å². The molecule has 1 heterocycles. The van der Waals surface area contributed by atoms with Crippen LogP contribution in [0.4, 0.5) is 0 Å². The van der Waals surface area contributed by atoms with Crippen LogP contribution in [0.1, 0.15) is 25.3 Å². The summed E-state index contributed by atoms with van der Waals surface area (Å²) >= 11 is 0. The second kappa shape index (κ2) is 8.45. The maximum absolute atomic E-state index is 9.10. The molecule has 3 rings (SSSR count). The van der Waals surface area contributed by atoms with Gasteiger partial charge in [0, 0.05) is 6.54 Å². The highest BCUT2D eigenvalue weighted by molar-refractivity contribution is 6.27. The van der Waals surface area contributed by atoms with Crippen LogP contribution in [0.15, 0.2) is 42.5 Å². The molecule has 0 bridgehead atoms. The Kier molecular flexibility index (Phi) is 6.32. The summed E-state index contributed by atoms with van der Waals surface area (Å²) in [5, 5.41) is 17.6. The number of aliphatic carboxylic acids is 2. The maximum Gasteiger partial charge on any atom is 0.414 e. The number of nitrogens with zero attached hydrogens (tertiary/aromatic N) is 1. The van der Waals surface area contributed by atoms with Gasteiger partial charge in [0.2, 0.25) is 0 Å². The molecule has 0 atom stereocenters. The Labute approximate surface area is 141 Å². The molecular formula is C19H23NO4. The molecule has 5 nitrogen and oxygen atoms in total. The number of piperidine rings is 1. The Morgan fingerprint density at radius 3 is 2.21 bits per heavy atom. The predicted octanol–water partition coefficient (Wildman–Crippen LogP) is 3.23. The largest absolute Gasteiger partial charge is 0.473 e. The number of rotatable bonds is 2. The molecule has 2 aromatic carbocycles. The molecule has 2 N–H and O–H groups in total. The first-order valence-corrected chi connectivity index (χ1v) is 8.12. The van der Waals surface area contributed by atoms with E-state index in [4.69, 9.17) is 19.8 Å². The molecule has 0 aliphatic carbocycles. The van der Waals surface area contributed by atoms with E-state index in [-0.39, 0.29) is 0 Å². The highest BCUT2D eigenvalue weighted by Gasteiger charge is 2.16. The zero-order valence-electron chi connectivity index (χ0n) is 13.8. The topological polar surface area (TPSA) is 77.8 Å². The van der Waals surface area contributed by atoms with Crippen molar-refractivity contribution >= 4 is 22.7 Å². The highest BCUT2D eigenvalue weighted by Crippen LogP contribution is 2.23. The second-order valence-electron chi connectivity index (χ2n) is 6.21. The van der Waals surface area contributed by atoms with Crippen molar-refractivity contribution in [3.63, 3.8) is 0 Å². The summed E-state index contributed by atoms with van der Waals surface area (Å²) < 4.78 is 0. The molecule has 24 heavy (non-hydrogen) atoms. The van der Waals surface area contributed by atoms with E-state index in [1.165, 1.54) is 42.3 Å². The third kappa shape index (κ3) is 5.06. The number of carboxylic acids is 2. The van der Waals surface area contributed by atoms with Gasteiger partial charge in [0.15, 0.2) is 0 Å². The molecule has 128 valence electrons. The third-order valence-electron chi connectivity index (χ3n) is 4.33. The van der Waals surface area contributed by atoms with E-state index in [1.54, 1.807) is 0 Å². The van der Waals surface area contributed by atoms with E-state index in [0.717, 1.165) is 12.5 Å². The van der Waals surface area contributed by atoms with Crippen LogP contribution in [0.3, 0.4) is 0 Å². The summed E-state index contributed by atoms with van der Waals surface area (Å²) in [5.74, 6) is -2.74. The number of hydrogen-bond acceptors (Lipinski definition) is 3. The van der Waals surface area contributed by atoms with Crippen molar-refractivity contribution in [3.05, 3.63) is 48.0 Å². The molecule has 0 amide bonds. The summed E-state index contributed by atoms with van der Waals surface area (Å²) in [6, 6.07) is 15.4. The molecular weight excluding hydrogens is 306 g/mol. The summed E-state index contributed by atoms with van der Waals surface area (Å²) in [6.45, 7) is 5.98. The van der Waals surface area contributed by atoms with Crippen molar-refractivity contribution in [2.75, 3.05) is 13.1 Å². The van der Waals surface area contributed by atoms with Crippen LogP contribution in [-0.4, -0.2) is 40.1 Å². The Balaban J connectivity index is 0.000000301. The lowest BCUT2D eigenvalue weighted by molar-refractivity contribution is -0.159. The molecule has 0 spiro atoms. The highest BCUT2D eigenvalue weighted by atomic mass is 16.4. The quantitative estimate of drug-likeness (QED) is 0.827. The average Bonchev–Trinajstić information content (AvgIpc) is 2.58. The standard InChI is InChI=1S/C17H21N.C2H2O4/c1-14-9-11-18(12-10-14)13-16-7-4-6-15-5-2-3-8-17(15)16;3-1(4)2(5)6/h2-8,14H,9-13H2,1H3;(H,3,4)(H,5,6). The van der Waals surface area contributed by atoms with Crippen LogP contribution in [0.25, 0.3) is 10.8 Å². The maximum atomic E-state index is 9.10. The van der Waals surface area contributed by atoms with E-state index < -0.39 is 11.9 Å². The lowest BCUT2D eigenvalue weighted by atomic mass is 9.98. The van der Waals surface area contributed by atoms with Crippen LogP contribution in [0, 0.1) is 5.92 Å². The second-order valence-corrected chi connectivity index (χ2v) is 6.21. The van der Waals surface area contributed by atoms with Crippen molar-refractivity contribution in [2.45, 2.75) is 26.3 Å². The van der Waals surface area contributed by atoms with Gasteiger partial charge in [0.1, 0.15) is 0 Å². The number of hydrogen-bond donors (Lipinski definition) is 2. The molecule has 2 aromatic rings. The van der Waals surface area contributed by atoms with Crippen LogP contribution in [0.2, 0.25) is 0 Å². The van der Waals surface area contributed by atoms with Gasteiger partial charge in [-0.15, -0.1) is 0 Å². The SMILES string of the molecule is CC1CCN(Cc2cccc3ccccc23)CC1.O=C(O)C(=O)O. The molecule has 0 radical (unpaired) electrons. The average molecular weight is 329 g/mol. The minimum Gasteiger partial charge on any atom is -0.473 e. The third-order valence-corrected chi connectivity index (χ3v) is 4.33. The summed E-state index contributed by atoms with van der Waals surface area (Å²) in [7, 11) is 0. The Morgan fingerprint density at radius 2 is 1.58 bits per heavy atom. The Hall–Kier alpha value is -2.40. The van der Waals surface area contributed by atoms with Gasteiger partial charge in [-0.3, -0.25) is 4.90 Å². The van der Waals surface area contributed by atoms with Crippen LogP contribution in [0.5, 0.6) is 0 Å². The van der Waals surface area contributed by atoms with Gasteiger partial charge < -0.3 is 10.2 Å². The van der Waals surface area contributed by atoms with Crippen molar-refractivity contribution in [3.8, 4) is 0 Å². The minimum absolute atomic E-state index is 0.911. The zero-order valence-corrected chi connectivity index (χ0v) is 13.8. The zero-order chi connectivity index (χ0) is 17.5. The minimum atomic E-state index is -1.82. The fraction of sp³-hybridized carbons (Fsp3) is 0.368. The van der Waals surface area contributed by atoms with Crippen molar-refractivity contribution in [1.82, 2.24) is 4.90 Å². The van der Waals surface area contributed by atoms with Gasteiger partial charge in [-0.2, -0.15) is 0 Å². The molecule has 0 unspecified atom stereocenters. The van der Waals surface area contributed by atoms with E-state index in [1.807, 2.05) is 0 Å². The molecule has 1 fully saturated rings. The number of benzene rings is 2. The molecule has 0 aromatic heterocycles. The molecule has 5 heteroatoms. The number of carboxylic acid groups (broad SMARTS) is 2. The van der Waals surface area contributed by atoms with Gasteiger partial charge in [-0.25, -0.2) is 9.59 Å². The van der Waals surface area contributed by atoms with Gasteiger partial charge >= 0.3 is 11.9 Å². The predicted molar refractivity (Wildman–Crippen MR) is 92.9 cm³/mol. The van der Waals surface area contributed by atoms with Crippen LogP contribution >= 0.6 is 0 Å². The van der Waals surface area contributed by atoms with Gasteiger partial charge in [0.25, 0.3) is 0 Å². The van der Waals surface area contributed by atoms with Crippen molar-refractivity contribution in [2.24, 2.45) is 5.92 Å². The first-order valence-electron chi connectivity index (χ1n) is 8.12. The van der Waals surface area contributed by atoms with E-state index >= 15 is 0 Å². The first kappa shape index (κ1) is 17.9. The first-order chi connectivity index (χ1) is 11.5. The summed E-state index contributed by atoms with van der Waals surface area (Å²) in [5.41, 5.74) is 1.47. The lowest BCUT2D eigenvalue weighted by Crippen LogP contribution is -2.32. The normalized spacial score (nSPS) is 15.5. The molecule has 1 aliphatic rings. The Morgan fingerprint density at radius 1 is 1.00 bits per heavy atom. The monoisotopic (exact) mass is 329 g/mol. The molecule has 0 saturated carbocycles. The van der Waals surface area contributed by atoms with Gasteiger partial charge in [-0.05, 0) is 48.2 Å². The lowest BCUT2D eigenvalue weighted by Gasteiger charge is -2.30. The van der Waals surface area contributed by atoms with Crippen molar-refractivity contribution in [1.29, 1.82) is 0 Å². The molecule has 1 aliphatic heterocycles. The van der Waals surface area contributed by atoms with Crippen molar-refractivity contribution < 1.29 is 19.8 Å². The number of fused-ring (bicyclic) bond motifs is 1. The smallest absolute Gasteiger partial charge is 0.414 e. The van der Waals surface area contributed by atoms with E-state index in [2.05, 4.69) is 54.3 Å². The fourth-order valence-corrected chi connectivity index (χ4v) is 2.89. The van der Waals surface area contributed by atoms with Gasteiger partial charge in [-0.1, -0.05) is 49.4 Å². The van der Waals surface area contributed by atoms with Crippen LogP contribution in [-0.2, 0) is 16.1 Å². The van der Waals surface area contributed by atoms with Crippen LogP contribution < -0.4 is 0 Å². The molecule has 1 saturated heterocycles. The Bertz CT molecular complexity index is 688. The van der Waals surface area contributed by atoms with E-state index in [0.29, 0.717) is 0 Å². The van der Waals surface area contributed by atoms with Gasteiger partial charge in [0.05, 0.1) is 0 Å². The fourth-order valence-electron chi connectivity index (χ4n) is 2.89. The number of carbonyl (C=O) groups is 2. The summed E-state index contributed by atoms with van der Waals surface area (Å²) in [6.07, 6.45) is 2.70. The summed E-state index contributed by atoms with van der Waals surface area (Å²) in [4.78, 5) is 20.8. The number of likely N-dealkylation sites (tertiary alicyclic amines) is 1.